The zero-order valence-electron chi connectivity index (χ0n) is 14.7. The Morgan fingerprint density at radius 3 is 2.00 bits per heavy atom. The maximum absolute atomic E-state index is 12.2. The second-order valence-corrected chi connectivity index (χ2v) is 5.80. The highest BCUT2D eigenvalue weighted by Crippen LogP contribution is 2.38. The van der Waals surface area contributed by atoms with Crippen molar-refractivity contribution in [3.05, 3.63) is 17.7 Å². The van der Waals surface area contributed by atoms with Gasteiger partial charge in [-0.3, -0.25) is 4.79 Å². The van der Waals surface area contributed by atoms with E-state index in [9.17, 15) is 14.7 Å². The van der Waals surface area contributed by atoms with E-state index in [1.54, 1.807) is 12.1 Å². The van der Waals surface area contributed by atoms with Gasteiger partial charge in [-0.1, -0.05) is 13.8 Å². The Hall–Kier alpha value is -2.44. The van der Waals surface area contributed by atoms with E-state index in [1.165, 1.54) is 21.3 Å². The number of methoxy groups -OCH3 is 3. The van der Waals surface area contributed by atoms with Crippen LogP contribution in [-0.4, -0.2) is 44.4 Å². The van der Waals surface area contributed by atoms with E-state index in [1.807, 2.05) is 13.8 Å². The van der Waals surface area contributed by atoms with Crippen molar-refractivity contribution in [2.45, 2.75) is 32.7 Å². The van der Waals surface area contributed by atoms with Crippen LogP contribution < -0.4 is 19.5 Å². The smallest absolute Gasteiger partial charge is 0.326 e. The van der Waals surface area contributed by atoms with Gasteiger partial charge in [-0.15, -0.1) is 0 Å². The number of benzene rings is 1. The molecule has 24 heavy (non-hydrogen) atoms. The van der Waals surface area contributed by atoms with Crippen molar-refractivity contribution in [3.63, 3.8) is 0 Å². The molecule has 0 spiro atoms. The maximum atomic E-state index is 12.2. The molecule has 1 aromatic carbocycles. The molecule has 0 saturated carbocycles. The van der Waals surface area contributed by atoms with Crippen molar-refractivity contribution in [2.75, 3.05) is 21.3 Å². The van der Waals surface area contributed by atoms with Gasteiger partial charge in [-0.05, 0) is 30.0 Å². The highest BCUT2D eigenvalue weighted by molar-refractivity contribution is 5.85. The number of carboxylic acids is 1. The van der Waals surface area contributed by atoms with Crippen molar-refractivity contribution in [3.8, 4) is 17.2 Å². The fourth-order valence-electron chi connectivity index (χ4n) is 2.36. The van der Waals surface area contributed by atoms with Gasteiger partial charge < -0.3 is 24.6 Å². The highest BCUT2D eigenvalue weighted by atomic mass is 16.5. The van der Waals surface area contributed by atoms with Gasteiger partial charge in [0.1, 0.15) is 6.04 Å². The van der Waals surface area contributed by atoms with Crippen molar-refractivity contribution in [1.29, 1.82) is 0 Å². The van der Waals surface area contributed by atoms with E-state index in [2.05, 4.69) is 5.32 Å². The third-order valence-corrected chi connectivity index (χ3v) is 3.43. The monoisotopic (exact) mass is 339 g/mol. The topological polar surface area (TPSA) is 94.1 Å². The van der Waals surface area contributed by atoms with E-state index in [-0.39, 0.29) is 18.2 Å². The third kappa shape index (κ3) is 5.33. The largest absolute Gasteiger partial charge is 0.493 e. The molecule has 7 heteroatoms. The van der Waals surface area contributed by atoms with Crippen LogP contribution in [0.1, 0.15) is 25.8 Å². The maximum Gasteiger partial charge on any atom is 0.326 e. The fourth-order valence-corrected chi connectivity index (χ4v) is 2.36. The number of rotatable bonds is 9. The van der Waals surface area contributed by atoms with Crippen LogP contribution in [0, 0.1) is 5.92 Å². The van der Waals surface area contributed by atoms with Gasteiger partial charge in [0.15, 0.2) is 11.5 Å². The first-order valence-corrected chi connectivity index (χ1v) is 7.63. The summed E-state index contributed by atoms with van der Waals surface area (Å²) in [5.41, 5.74) is 0.635. The van der Waals surface area contributed by atoms with E-state index >= 15 is 0 Å². The number of aliphatic carboxylic acids is 1. The molecule has 1 unspecified atom stereocenters. The lowest BCUT2D eigenvalue weighted by Gasteiger charge is -2.17. The Kier molecular flexibility index (Phi) is 7.35. The number of nitrogens with one attached hydrogen (secondary N) is 1. The average Bonchev–Trinajstić information content (AvgIpc) is 2.52. The summed E-state index contributed by atoms with van der Waals surface area (Å²) in [4.78, 5) is 23.4. The Morgan fingerprint density at radius 2 is 1.62 bits per heavy atom. The summed E-state index contributed by atoms with van der Waals surface area (Å²) in [6, 6.07) is 2.43. The SMILES string of the molecule is COc1cc(CC(=O)NC(CC(C)C)C(=O)O)cc(OC)c1OC. The van der Waals surface area contributed by atoms with Crippen molar-refractivity contribution in [2.24, 2.45) is 5.92 Å². The second-order valence-electron chi connectivity index (χ2n) is 5.80. The summed E-state index contributed by atoms with van der Waals surface area (Å²) >= 11 is 0. The first-order chi connectivity index (χ1) is 11.3. The van der Waals surface area contributed by atoms with Crippen LogP contribution in [0.2, 0.25) is 0 Å². The summed E-state index contributed by atoms with van der Waals surface area (Å²) in [6.45, 7) is 3.81. The van der Waals surface area contributed by atoms with Crippen LogP contribution in [0.3, 0.4) is 0 Å². The Morgan fingerprint density at radius 1 is 1.08 bits per heavy atom. The molecular weight excluding hydrogens is 314 g/mol. The molecule has 1 aromatic rings. The molecule has 1 atom stereocenters. The molecule has 0 fully saturated rings. The van der Waals surface area contributed by atoms with Crippen LogP contribution in [0.25, 0.3) is 0 Å². The Balaban J connectivity index is 2.91. The lowest BCUT2D eigenvalue weighted by Crippen LogP contribution is -2.42. The first-order valence-electron chi connectivity index (χ1n) is 7.63. The van der Waals surface area contributed by atoms with E-state index in [4.69, 9.17) is 14.2 Å². The minimum absolute atomic E-state index is 0.0125. The van der Waals surface area contributed by atoms with Crippen LogP contribution in [0.5, 0.6) is 17.2 Å². The van der Waals surface area contributed by atoms with Crippen LogP contribution in [0.15, 0.2) is 12.1 Å². The minimum Gasteiger partial charge on any atom is -0.493 e. The summed E-state index contributed by atoms with van der Waals surface area (Å²) in [6.07, 6.45) is 0.384. The van der Waals surface area contributed by atoms with Gasteiger partial charge >= 0.3 is 5.97 Å². The molecule has 7 nitrogen and oxygen atoms in total. The number of hydrogen-bond donors (Lipinski definition) is 2. The van der Waals surface area contributed by atoms with Gasteiger partial charge in [0, 0.05) is 0 Å². The Bertz CT molecular complexity index is 559. The van der Waals surface area contributed by atoms with Crippen LogP contribution >= 0.6 is 0 Å². The standard InChI is InChI=1S/C17H25NO6/c1-10(2)6-12(17(20)21)18-15(19)9-11-7-13(22-3)16(24-5)14(8-11)23-4/h7-8,10,12H,6,9H2,1-5H3,(H,18,19)(H,20,21). The average molecular weight is 339 g/mol. The molecule has 2 N–H and O–H groups in total. The number of hydrogen-bond acceptors (Lipinski definition) is 5. The van der Waals surface area contributed by atoms with Gasteiger partial charge in [-0.2, -0.15) is 0 Å². The first kappa shape index (κ1) is 19.6. The van der Waals surface area contributed by atoms with Crippen molar-refractivity contribution < 1.29 is 28.9 Å². The summed E-state index contributed by atoms with van der Waals surface area (Å²) in [7, 11) is 4.48. The number of carbonyl (C=O) groups excluding carboxylic acids is 1. The molecule has 0 bridgehead atoms. The normalized spacial score (nSPS) is 11.8. The summed E-state index contributed by atoms with van der Waals surface area (Å²) in [5.74, 6) is 0.0625. The molecule has 134 valence electrons. The molecular formula is C17H25NO6. The van der Waals surface area contributed by atoms with E-state index in [0.717, 1.165) is 0 Å². The highest BCUT2D eigenvalue weighted by Gasteiger charge is 2.22. The molecule has 0 radical (unpaired) electrons. The van der Waals surface area contributed by atoms with Crippen LogP contribution in [0.4, 0.5) is 0 Å². The van der Waals surface area contributed by atoms with Crippen molar-refractivity contribution >= 4 is 11.9 Å². The van der Waals surface area contributed by atoms with E-state index in [0.29, 0.717) is 29.2 Å². The quantitative estimate of drug-likeness (QED) is 0.713. The molecule has 1 rings (SSSR count). The Labute approximate surface area is 141 Å². The molecule has 0 saturated heterocycles. The predicted molar refractivity (Wildman–Crippen MR) is 88.8 cm³/mol. The molecule has 0 aliphatic rings. The van der Waals surface area contributed by atoms with Crippen LogP contribution in [-0.2, 0) is 16.0 Å². The predicted octanol–water partition coefficient (Wildman–Crippen LogP) is 1.87. The zero-order chi connectivity index (χ0) is 18.3. The number of carboxylic acid groups (broad SMARTS) is 1. The lowest BCUT2D eigenvalue weighted by atomic mass is 10.0. The van der Waals surface area contributed by atoms with Crippen molar-refractivity contribution in [1.82, 2.24) is 5.32 Å². The second kappa shape index (κ2) is 9.00. The van der Waals surface area contributed by atoms with Gasteiger partial charge in [0.25, 0.3) is 0 Å². The number of ether oxygens (including phenoxy) is 3. The van der Waals surface area contributed by atoms with Gasteiger partial charge in [0.2, 0.25) is 11.7 Å². The molecule has 1 amide bonds. The molecule has 0 aliphatic heterocycles. The molecule has 0 aromatic heterocycles. The zero-order valence-corrected chi connectivity index (χ0v) is 14.7. The third-order valence-electron chi connectivity index (χ3n) is 3.43. The lowest BCUT2D eigenvalue weighted by molar-refractivity contribution is -0.142. The van der Waals surface area contributed by atoms with Gasteiger partial charge in [-0.25, -0.2) is 4.79 Å². The minimum atomic E-state index is -1.04. The molecule has 0 aliphatic carbocycles. The summed E-state index contributed by atoms with van der Waals surface area (Å²) in [5, 5.41) is 11.7. The number of amides is 1. The van der Waals surface area contributed by atoms with Gasteiger partial charge in [0.05, 0.1) is 27.8 Å². The van der Waals surface area contributed by atoms with E-state index < -0.39 is 12.0 Å². The number of carbonyl (C=O) groups is 2. The molecule has 0 heterocycles. The fraction of sp³-hybridized carbons (Fsp3) is 0.529. The summed E-state index contributed by atoms with van der Waals surface area (Å²) < 4.78 is 15.7.